The largest absolute Gasteiger partial charge is 0.465 e. The average molecular weight is 600 g/mol. The lowest BCUT2D eigenvalue weighted by Gasteiger charge is -2.28. The summed E-state index contributed by atoms with van der Waals surface area (Å²) in [5.41, 5.74) is 6.42. The van der Waals surface area contributed by atoms with Gasteiger partial charge in [0, 0.05) is 7.05 Å². The summed E-state index contributed by atoms with van der Waals surface area (Å²) in [6.07, 6.45) is -2.56. The Bertz CT molecular complexity index is 1380. The number of aliphatic hydroxyl groups excluding tert-OH is 2. The maximum Gasteiger partial charge on any atom is 0.459 e. The van der Waals surface area contributed by atoms with Gasteiger partial charge in [0.2, 0.25) is 5.95 Å². The lowest BCUT2D eigenvalue weighted by Crippen LogP contribution is -2.45. The van der Waals surface area contributed by atoms with Crippen LogP contribution < -0.4 is 20.7 Å². The number of anilines is 2. The number of nitrogens with zero attached hydrogens (tertiary/aromatic N) is 4. The van der Waals surface area contributed by atoms with Crippen LogP contribution in [-0.4, -0.2) is 85.7 Å². The number of ether oxygens (including phenoxy) is 2. The van der Waals surface area contributed by atoms with E-state index in [-0.39, 0.29) is 24.0 Å². The number of hydrogen-bond acceptors (Lipinski definition) is 13. The lowest BCUT2D eigenvalue weighted by atomic mass is 9.99. The number of nitrogens with one attached hydrogen (secondary N) is 2. The molecule has 3 heterocycles. The quantitative estimate of drug-likeness (QED) is 0.113. The number of fused-ring (bicyclic) bond motifs is 1. The van der Waals surface area contributed by atoms with Crippen LogP contribution in [-0.2, 0) is 23.4 Å². The predicted octanol–water partition coefficient (Wildman–Crippen LogP) is 1.42. The average Bonchev–Trinajstić information content (AvgIpc) is 3.46. The fraction of sp³-hybridized carbons (Fsp3) is 0.478. The van der Waals surface area contributed by atoms with Gasteiger partial charge in [-0.2, -0.15) is 15.1 Å². The molecule has 1 fully saturated rings. The van der Waals surface area contributed by atoms with Crippen LogP contribution in [0.3, 0.4) is 0 Å². The molecule has 1 aliphatic rings. The number of para-hydroxylation sites is 1. The molecule has 15 nitrogen and oxygen atoms in total. The smallest absolute Gasteiger partial charge is 0.459 e. The second kappa shape index (κ2) is 12.2. The second-order valence-corrected chi connectivity index (χ2v) is 11.3. The van der Waals surface area contributed by atoms with Gasteiger partial charge in [-0.25, -0.2) is 9.55 Å². The maximum absolute atomic E-state index is 13.8. The molecule has 4 rings (SSSR count). The van der Waals surface area contributed by atoms with Gasteiger partial charge in [-0.15, -0.1) is 11.6 Å². The van der Waals surface area contributed by atoms with Crippen molar-refractivity contribution in [2.24, 2.45) is 0 Å². The number of nitrogens with two attached hydrogens (primary N) is 1. The third-order valence-corrected chi connectivity index (χ3v) is 8.27. The minimum atomic E-state index is -4.25. The Kier molecular flexibility index (Phi) is 9.15. The monoisotopic (exact) mass is 599 g/mol. The molecule has 0 amide bonds. The van der Waals surface area contributed by atoms with Crippen LogP contribution in [0.25, 0.3) is 11.2 Å². The summed E-state index contributed by atoms with van der Waals surface area (Å²) >= 11 is 6.72. The van der Waals surface area contributed by atoms with E-state index in [2.05, 4.69) is 25.4 Å². The molecular weight excluding hydrogens is 569 g/mol. The topological polar surface area (TPSA) is 205 Å². The molecule has 0 radical (unpaired) electrons. The van der Waals surface area contributed by atoms with Crippen LogP contribution >= 0.6 is 19.3 Å². The summed E-state index contributed by atoms with van der Waals surface area (Å²) < 4.78 is 37.4. The van der Waals surface area contributed by atoms with Crippen molar-refractivity contribution < 1.29 is 38.1 Å². The van der Waals surface area contributed by atoms with E-state index in [0.29, 0.717) is 11.3 Å². The van der Waals surface area contributed by atoms with Crippen molar-refractivity contribution in [2.45, 2.75) is 43.2 Å². The molecule has 17 heteroatoms. The van der Waals surface area contributed by atoms with Crippen molar-refractivity contribution in [2.75, 3.05) is 37.9 Å². The number of nitrogen functional groups attached to an aromatic ring is 1. The van der Waals surface area contributed by atoms with Crippen molar-refractivity contribution in [3.8, 4) is 5.75 Å². The lowest BCUT2D eigenvalue weighted by molar-refractivity contribution is -0.144. The predicted molar refractivity (Wildman–Crippen MR) is 145 cm³/mol. The van der Waals surface area contributed by atoms with Gasteiger partial charge in [-0.3, -0.25) is 13.9 Å². The Labute approximate surface area is 234 Å². The standard InChI is InChI=1S/C23H31ClN7O8P/c1-4-36-20(34)13(2)30-40(35,39-14-8-6-5-7-9-14)37-10-15-17(33)23(24,11-32)21(38-15)31-12-27-16-18(26-3)28-22(25)29-19(16)31/h5-9,12-13,15,17,21,32-33H,4,10-11H2,1-3H3,(H,30,35)(H3,25,26,28,29)/t13-,15-,17-,21-,23-,40+/m1/s1. The first kappa shape index (κ1) is 29.9. The summed E-state index contributed by atoms with van der Waals surface area (Å²) in [5, 5.41) is 26.7. The van der Waals surface area contributed by atoms with Crippen molar-refractivity contribution in [3.63, 3.8) is 0 Å². The molecule has 2 aromatic heterocycles. The van der Waals surface area contributed by atoms with Crippen molar-refractivity contribution in [1.82, 2.24) is 24.6 Å². The number of hydrogen-bond donors (Lipinski definition) is 5. The third-order valence-electron chi connectivity index (χ3n) is 6.10. The molecule has 3 aromatic rings. The molecule has 218 valence electrons. The normalized spacial score (nSPS) is 24.9. The number of imidazole rings is 1. The van der Waals surface area contributed by atoms with E-state index in [0.717, 1.165) is 0 Å². The number of benzene rings is 1. The molecule has 0 spiro atoms. The Balaban J connectivity index is 1.59. The van der Waals surface area contributed by atoms with Gasteiger partial charge >= 0.3 is 13.7 Å². The Morgan fingerprint density at radius 2 is 2.08 bits per heavy atom. The molecule has 0 bridgehead atoms. The van der Waals surface area contributed by atoms with Gasteiger partial charge in [-0.1, -0.05) is 18.2 Å². The van der Waals surface area contributed by atoms with Crippen LogP contribution in [0.5, 0.6) is 5.75 Å². The van der Waals surface area contributed by atoms with E-state index in [1.54, 1.807) is 44.3 Å². The first-order chi connectivity index (χ1) is 19.0. The fourth-order valence-corrected chi connectivity index (χ4v) is 5.92. The van der Waals surface area contributed by atoms with E-state index in [9.17, 15) is 19.6 Å². The number of carbonyl (C=O) groups is 1. The number of alkyl halides is 1. The number of esters is 1. The number of aliphatic hydroxyl groups is 2. The summed E-state index contributed by atoms with van der Waals surface area (Å²) in [4.78, 5) is 23.0. The molecule has 1 saturated heterocycles. The van der Waals surface area contributed by atoms with Gasteiger partial charge in [0.15, 0.2) is 23.2 Å². The van der Waals surface area contributed by atoms with E-state index in [4.69, 9.17) is 35.9 Å². The van der Waals surface area contributed by atoms with Crippen molar-refractivity contribution >= 4 is 48.2 Å². The van der Waals surface area contributed by atoms with Crippen molar-refractivity contribution in [1.29, 1.82) is 0 Å². The molecule has 1 aliphatic heterocycles. The number of carbonyl (C=O) groups excluding carboxylic acids is 1. The highest BCUT2D eigenvalue weighted by Gasteiger charge is 2.57. The number of halogens is 1. The second-order valence-electron chi connectivity index (χ2n) is 8.86. The molecule has 40 heavy (non-hydrogen) atoms. The highest BCUT2D eigenvalue weighted by Crippen LogP contribution is 2.48. The van der Waals surface area contributed by atoms with Crippen LogP contribution in [0.15, 0.2) is 36.7 Å². The maximum atomic E-state index is 13.8. The zero-order chi connectivity index (χ0) is 29.1. The van der Waals surface area contributed by atoms with E-state index in [1.807, 2.05) is 0 Å². The number of aromatic nitrogens is 4. The summed E-state index contributed by atoms with van der Waals surface area (Å²) in [5.74, 6) is -0.175. The number of rotatable bonds is 12. The molecule has 0 aliphatic carbocycles. The molecule has 0 saturated carbocycles. The van der Waals surface area contributed by atoms with E-state index < -0.39 is 56.3 Å². The molecule has 0 unspecified atom stereocenters. The molecule has 1 aromatic carbocycles. The van der Waals surface area contributed by atoms with Crippen LogP contribution in [0.4, 0.5) is 11.8 Å². The molecule has 6 N–H and O–H groups in total. The molecule has 6 atom stereocenters. The van der Waals surface area contributed by atoms with Gasteiger partial charge in [0.1, 0.15) is 28.9 Å². The minimum Gasteiger partial charge on any atom is -0.465 e. The minimum absolute atomic E-state index is 0.0537. The van der Waals surface area contributed by atoms with Gasteiger partial charge in [-0.05, 0) is 26.0 Å². The summed E-state index contributed by atoms with van der Waals surface area (Å²) in [6, 6.07) is 7.11. The SMILES string of the molecule is CCOC(=O)[C@@H](C)N[P@](=O)(OC[C@H]1O[C@@H](n2cnc3c(NC)nc(N)nc32)[C@@](Cl)(CO)[C@@H]1O)Oc1ccccc1. The van der Waals surface area contributed by atoms with Crippen LogP contribution in [0.2, 0.25) is 0 Å². The Morgan fingerprint density at radius 3 is 2.73 bits per heavy atom. The zero-order valence-electron chi connectivity index (χ0n) is 21.9. The fourth-order valence-electron chi connectivity index (χ4n) is 4.13. The first-order valence-electron chi connectivity index (χ1n) is 12.3. The summed E-state index contributed by atoms with van der Waals surface area (Å²) in [6.45, 7) is 1.97. The molecular formula is C23H31ClN7O8P. The highest BCUT2D eigenvalue weighted by atomic mass is 35.5. The van der Waals surface area contributed by atoms with Crippen LogP contribution in [0, 0.1) is 0 Å². The zero-order valence-corrected chi connectivity index (χ0v) is 23.6. The Morgan fingerprint density at radius 1 is 1.35 bits per heavy atom. The third kappa shape index (κ3) is 6.00. The van der Waals surface area contributed by atoms with Gasteiger partial charge in [0.05, 0.1) is 26.1 Å². The highest BCUT2D eigenvalue weighted by molar-refractivity contribution is 7.52. The van der Waals surface area contributed by atoms with E-state index >= 15 is 0 Å². The summed E-state index contributed by atoms with van der Waals surface area (Å²) in [7, 11) is -2.62. The van der Waals surface area contributed by atoms with Crippen molar-refractivity contribution in [3.05, 3.63) is 36.7 Å². The Hall–Kier alpha value is -3.04. The first-order valence-corrected chi connectivity index (χ1v) is 14.2. The van der Waals surface area contributed by atoms with Gasteiger partial charge in [0.25, 0.3) is 0 Å². The van der Waals surface area contributed by atoms with Gasteiger partial charge < -0.3 is 35.3 Å². The van der Waals surface area contributed by atoms with E-state index in [1.165, 1.54) is 17.8 Å². The van der Waals surface area contributed by atoms with Crippen LogP contribution in [0.1, 0.15) is 20.1 Å².